The van der Waals surface area contributed by atoms with Crippen molar-refractivity contribution in [3.63, 3.8) is 0 Å². The minimum absolute atomic E-state index is 0.0728. The summed E-state index contributed by atoms with van der Waals surface area (Å²) in [7, 11) is 1.63. The Kier molecular flexibility index (Phi) is 4.86. The third-order valence-electron chi connectivity index (χ3n) is 1.98. The number of aliphatic hydroxyl groups is 1. The minimum Gasteiger partial charge on any atom is -0.397 e. The van der Waals surface area contributed by atoms with E-state index in [1.54, 1.807) is 25.6 Å². The molecular formula is C10H17N3O2. The van der Waals surface area contributed by atoms with Gasteiger partial charge in [-0.05, 0) is 12.5 Å². The molecule has 1 heterocycles. The quantitative estimate of drug-likeness (QED) is 0.637. The third kappa shape index (κ3) is 4.14. The SMILES string of the molecule is COCC(CCO)Nc1cncc(N)c1. The number of ether oxygens (including phenoxy) is 1. The van der Waals surface area contributed by atoms with Gasteiger partial charge < -0.3 is 20.9 Å². The van der Waals surface area contributed by atoms with Crippen molar-refractivity contribution >= 4 is 11.4 Å². The second kappa shape index (κ2) is 6.21. The normalized spacial score (nSPS) is 12.4. The summed E-state index contributed by atoms with van der Waals surface area (Å²) >= 11 is 0. The summed E-state index contributed by atoms with van der Waals surface area (Å²) in [5.74, 6) is 0. The van der Waals surface area contributed by atoms with Crippen LogP contribution in [0.15, 0.2) is 18.5 Å². The Morgan fingerprint density at radius 2 is 2.40 bits per heavy atom. The van der Waals surface area contributed by atoms with Gasteiger partial charge in [-0.3, -0.25) is 4.98 Å². The van der Waals surface area contributed by atoms with E-state index in [4.69, 9.17) is 15.6 Å². The van der Waals surface area contributed by atoms with Crippen LogP contribution in [0.4, 0.5) is 11.4 Å². The van der Waals surface area contributed by atoms with Crippen LogP contribution in [0.1, 0.15) is 6.42 Å². The molecule has 0 saturated carbocycles. The van der Waals surface area contributed by atoms with E-state index >= 15 is 0 Å². The highest BCUT2D eigenvalue weighted by molar-refractivity contribution is 5.51. The van der Waals surface area contributed by atoms with E-state index in [0.29, 0.717) is 18.7 Å². The Morgan fingerprint density at radius 1 is 1.60 bits per heavy atom. The molecule has 0 spiro atoms. The Morgan fingerprint density at radius 3 is 3.00 bits per heavy atom. The summed E-state index contributed by atoms with van der Waals surface area (Å²) < 4.78 is 5.03. The zero-order chi connectivity index (χ0) is 11.1. The molecule has 0 aliphatic heterocycles. The molecule has 15 heavy (non-hydrogen) atoms. The molecule has 1 unspecified atom stereocenters. The maximum Gasteiger partial charge on any atom is 0.0664 e. The summed E-state index contributed by atoms with van der Waals surface area (Å²) in [6, 6.07) is 1.87. The maximum absolute atomic E-state index is 8.86. The standard InChI is InChI=1S/C10H17N3O2/c1-15-7-9(2-3-14)13-10-4-8(11)5-12-6-10/h4-6,9,13-14H,2-3,7,11H2,1H3. The highest BCUT2D eigenvalue weighted by atomic mass is 16.5. The van der Waals surface area contributed by atoms with Crippen LogP contribution >= 0.6 is 0 Å². The predicted molar refractivity (Wildman–Crippen MR) is 59.6 cm³/mol. The Labute approximate surface area is 89.3 Å². The van der Waals surface area contributed by atoms with Crippen LogP contribution in [0, 0.1) is 0 Å². The van der Waals surface area contributed by atoms with Crippen LogP contribution in [0.2, 0.25) is 0 Å². The van der Waals surface area contributed by atoms with Gasteiger partial charge in [0.05, 0.1) is 30.2 Å². The molecule has 0 radical (unpaired) electrons. The lowest BCUT2D eigenvalue weighted by Gasteiger charge is -2.17. The number of nitrogen functional groups attached to an aromatic ring is 1. The Hall–Kier alpha value is -1.33. The van der Waals surface area contributed by atoms with Crippen LogP contribution in [-0.4, -0.2) is 36.5 Å². The number of rotatable bonds is 6. The van der Waals surface area contributed by atoms with Crippen molar-refractivity contribution in [1.82, 2.24) is 4.98 Å². The van der Waals surface area contributed by atoms with Gasteiger partial charge >= 0.3 is 0 Å². The Bertz CT molecular complexity index is 288. The summed E-state index contributed by atoms with van der Waals surface area (Å²) in [6.45, 7) is 0.659. The van der Waals surface area contributed by atoms with Crippen molar-refractivity contribution in [1.29, 1.82) is 0 Å². The molecule has 5 heteroatoms. The van der Waals surface area contributed by atoms with Gasteiger partial charge in [0.1, 0.15) is 0 Å². The largest absolute Gasteiger partial charge is 0.397 e. The van der Waals surface area contributed by atoms with Gasteiger partial charge in [0.15, 0.2) is 0 Å². The molecule has 1 aromatic heterocycles. The second-order valence-electron chi connectivity index (χ2n) is 3.32. The number of hydrogen-bond acceptors (Lipinski definition) is 5. The van der Waals surface area contributed by atoms with E-state index in [-0.39, 0.29) is 12.6 Å². The van der Waals surface area contributed by atoms with Gasteiger partial charge in [0.25, 0.3) is 0 Å². The van der Waals surface area contributed by atoms with Crippen molar-refractivity contribution in [3.8, 4) is 0 Å². The van der Waals surface area contributed by atoms with Crippen LogP contribution in [-0.2, 0) is 4.74 Å². The molecular weight excluding hydrogens is 194 g/mol. The first-order valence-electron chi connectivity index (χ1n) is 4.83. The molecule has 0 saturated heterocycles. The summed E-state index contributed by atoms with van der Waals surface area (Å²) in [5.41, 5.74) is 7.05. The van der Waals surface area contributed by atoms with Gasteiger partial charge in [-0.15, -0.1) is 0 Å². The van der Waals surface area contributed by atoms with Crippen LogP contribution in [0.25, 0.3) is 0 Å². The molecule has 84 valence electrons. The number of aromatic nitrogens is 1. The molecule has 0 aliphatic carbocycles. The van der Waals surface area contributed by atoms with Crippen molar-refractivity contribution in [2.45, 2.75) is 12.5 Å². The van der Waals surface area contributed by atoms with Crippen molar-refractivity contribution in [2.24, 2.45) is 0 Å². The highest BCUT2D eigenvalue weighted by Gasteiger charge is 2.07. The van der Waals surface area contributed by atoms with E-state index in [2.05, 4.69) is 10.3 Å². The number of nitrogens with one attached hydrogen (secondary N) is 1. The first kappa shape index (κ1) is 11.7. The molecule has 5 nitrogen and oxygen atoms in total. The molecule has 0 amide bonds. The maximum atomic E-state index is 8.86. The lowest BCUT2D eigenvalue weighted by atomic mass is 10.2. The molecule has 0 fully saturated rings. The molecule has 1 rings (SSSR count). The number of hydrogen-bond donors (Lipinski definition) is 3. The number of anilines is 2. The fourth-order valence-electron chi connectivity index (χ4n) is 1.33. The smallest absolute Gasteiger partial charge is 0.0664 e. The summed E-state index contributed by atoms with van der Waals surface area (Å²) in [6.07, 6.45) is 3.90. The fraction of sp³-hybridized carbons (Fsp3) is 0.500. The average molecular weight is 211 g/mol. The summed E-state index contributed by atoms with van der Waals surface area (Å²) in [4.78, 5) is 3.97. The van der Waals surface area contributed by atoms with Gasteiger partial charge in [-0.25, -0.2) is 0 Å². The number of nitrogens with zero attached hydrogens (tertiary/aromatic N) is 1. The topological polar surface area (TPSA) is 80.4 Å². The van der Waals surface area contributed by atoms with Gasteiger partial charge in [-0.1, -0.05) is 0 Å². The highest BCUT2D eigenvalue weighted by Crippen LogP contribution is 2.11. The van der Waals surface area contributed by atoms with E-state index in [1.165, 1.54) is 0 Å². The number of methoxy groups -OCH3 is 1. The van der Waals surface area contributed by atoms with E-state index in [0.717, 1.165) is 5.69 Å². The van der Waals surface area contributed by atoms with Crippen LogP contribution in [0.5, 0.6) is 0 Å². The molecule has 0 aromatic carbocycles. The predicted octanol–water partition coefficient (Wildman–Crippen LogP) is 0.473. The lowest BCUT2D eigenvalue weighted by Crippen LogP contribution is -2.26. The fourth-order valence-corrected chi connectivity index (χ4v) is 1.33. The number of aliphatic hydroxyl groups excluding tert-OH is 1. The zero-order valence-corrected chi connectivity index (χ0v) is 8.81. The van der Waals surface area contributed by atoms with E-state index < -0.39 is 0 Å². The molecule has 1 aromatic rings. The monoisotopic (exact) mass is 211 g/mol. The number of nitrogens with two attached hydrogens (primary N) is 1. The summed E-state index contributed by atoms with van der Waals surface area (Å²) in [5, 5.41) is 12.1. The minimum atomic E-state index is 0.0728. The third-order valence-corrected chi connectivity index (χ3v) is 1.98. The van der Waals surface area contributed by atoms with Crippen molar-refractivity contribution in [2.75, 3.05) is 31.4 Å². The second-order valence-corrected chi connectivity index (χ2v) is 3.32. The average Bonchev–Trinajstić information content (AvgIpc) is 2.18. The lowest BCUT2D eigenvalue weighted by molar-refractivity contribution is 0.170. The Balaban J connectivity index is 2.56. The van der Waals surface area contributed by atoms with Crippen LogP contribution in [0.3, 0.4) is 0 Å². The van der Waals surface area contributed by atoms with Gasteiger partial charge in [-0.2, -0.15) is 0 Å². The first-order valence-corrected chi connectivity index (χ1v) is 4.83. The molecule has 1 atom stereocenters. The van der Waals surface area contributed by atoms with Crippen molar-refractivity contribution in [3.05, 3.63) is 18.5 Å². The van der Waals surface area contributed by atoms with Crippen molar-refractivity contribution < 1.29 is 9.84 Å². The van der Waals surface area contributed by atoms with Gasteiger partial charge in [0, 0.05) is 19.9 Å². The van der Waals surface area contributed by atoms with E-state index in [9.17, 15) is 0 Å². The first-order chi connectivity index (χ1) is 7.26. The number of pyridine rings is 1. The van der Waals surface area contributed by atoms with Gasteiger partial charge in [0.2, 0.25) is 0 Å². The van der Waals surface area contributed by atoms with Crippen LogP contribution < -0.4 is 11.1 Å². The molecule has 0 bridgehead atoms. The molecule has 4 N–H and O–H groups in total. The zero-order valence-electron chi connectivity index (χ0n) is 8.81. The van der Waals surface area contributed by atoms with E-state index in [1.807, 2.05) is 0 Å². The molecule has 0 aliphatic rings.